The van der Waals surface area contributed by atoms with E-state index in [1.165, 1.54) is 19.3 Å². The van der Waals surface area contributed by atoms with E-state index in [1.54, 1.807) is 0 Å². The number of rotatable bonds is 0. The van der Waals surface area contributed by atoms with Crippen molar-refractivity contribution in [3.63, 3.8) is 0 Å². The molecule has 1 saturated carbocycles. The number of hydrogen-bond acceptors (Lipinski definition) is 1. The molecule has 0 aromatic heterocycles. The summed E-state index contributed by atoms with van der Waals surface area (Å²) in [4.78, 5) is 0. The molecule has 0 aliphatic heterocycles. The van der Waals surface area contributed by atoms with Crippen LogP contribution < -0.4 is 5.73 Å². The van der Waals surface area contributed by atoms with Crippen LogP contribution in [0.4, 0.5) is 0 Å². The van der Waals surface area contributed by atoms with Gasteiger partial charge in [-0.1, -0.05) is 13.3 Å². The van der Waals surface area contributed by atoms with Crippen molar-refractivity contribution in [3.05, 3.63) is 0 Å². The Morgan fingerprint density at radius 2 is 2.25 bits per heavy atom. The normalized spacial score (nSPS) is 47.6. The van der Waals surface area contributed by atoms with Crippen LogP contribution in [0.2, 0.25) is 0 Å². The Balaban J connectivity index is 2.54. The van der Waals surface area contributed by atoms with E-state index in [2.05, 4.69) is 13.8 Å². The van der Waals surface area contributed by atoms with E-state index in [9.17, 15) is 0 Å². The third kappa shape index (κ3) is 0.873. The fourth-order valence-electron chi connectivity index (χ4n) is 1.37. The van der Waals surface area contributed by atoms with E-state index in [-0.39, 0.29) is 5.54 Å². The second kappa shape index (κ2) is 1.73. The van der Waals surface area contributed by atoms with Crippen LogP contribution in [0.15, 0.2) is 0 Å². The molecule has 1 aliphatic carbocycles. The van der Waals surface area contributed by atoms with Gasteiger partial charge < -0.3 is 5.73 Å². The lowest BCUT2D eigenvalue weighted by atomic mass is 9.92. The number of hydrogen-bond donors (Lipinski definition) is 1. The van der Waals surface area contributed by atoms with Crippen LogP contribution in [0.1, 0.15) is 33.1 Å². The SMILES string of the molecule is C[C@@H]1CCC[C@@]1(C)N. The van der Waals surface area contributed by atoms with Crippen molar-refractivity contribution in [3.8, 4) is 0 Å². The van der Waals surface area contributed by atoms with Gasteiger partial charge in [-0.25, -0.2) is 0 Å². The van der Waals surface area contributed by atoms with Gasteiger partial charge in [0.05, 0.1) is 0 Å². The van der Waals surface area contributed by atoms with Gasteiger partial charge >= 0.3 is 0 Å². The van der Waals surface area contributed by atoms with Gasteiger partial charge in [-0.05, 0) is 25.7 Å². The Morgan fingerprint density at radius 3 is 2.38 bits per heavy atom. The molecule has 1 aliphatic rings. The minimum absolute atomic E-state index is 0.153. The van der Waals surface area contributed by atoms with Crippen LogP contribution in [0, 0.1) is 5.92 Å². The van der Waals surface area contributed by atoms with Crippen LogP contribution in [-0.4, -0.2) is 5.54 Å². The third-order valence-corrected chi connectivity index (χ3v) is 2.48. The lowest BCUT2D eigenvalue weighted by molar-refractivity contribution is 0.373. The summed E-state index contributed by atoms with van der Waals surface area (Å²) < 4.78 is 0. The lowest BCUT2D eigenvalue weighted by Crippen LogP contribution is -2.38. The van der Waals surface area contributed by atoms with Crippen molar-refractivity contribution in [2.45, 2.75) is 38.6 Å². The molecular formula is C7H15N. The van der Waals surface area contributed by atoms with Gasteiger partial charge in [-0.2, -0.15) is 0 Å². The summed E-state index contributed by atoms with van der Waals surface area (Å²) in [5, 5.41) is 0. The molecule has 8 heavy (non-hydrogen) atoms. The largest absolute Gasteiger partial charge is 0.325 e. The molecule has 1 nitrogen and oxygen atoms in total. The van der Waals surface area contributed by atoms with E-state index < -0.39 is 0 Å². The first-order valence-corrected chi connectivity index (χ1v) is 3.42. The van der Waals surface area contributed by atoms with Crippen molar-refractivity contribution < 1.29 is 0 Å². The topological polar surface area (TPSA) is 26.0 Å². The van der Waals surface area contributed by atoms with Crippen LogP contribution in [0.25, 0.3) is 0 Å². The Kier molecular flexibility index (Phi) is 1.31. The van der Waals surface area contributed by atoms with Gasteiger partial charge in [0, 0.05) is 5.54 Å². The maximum Gasteiger partial charge on any atom is 0.0151 e. The lowest BCUT2D eigenvalue weighted by Gasteiger charge is -2.22. The number of nitrogens with two attached hydrogens (primary N) is 1. The first-order chi connectivity index (χ1) is 3.63. The third-order valence-electron chi connectivity index (χ3n) is 2.48. The Morgan fingerprint density at radius 1 is 1.62 bits per heavy atom. The average molecular weight is 113 g/mol. The van der Waals surface area contributed by atoms with E-state index >= 15 is 0 Å². The molecule has 1 heteroatoms. The van der Waals surface area contributed by atoms with Gasteiger partial charge in [0.2, 0.25) is 0 Å². The molecule has 0 spiro atoms. The molecule has 0 saturated heterocycles. The van der Waals surface area contributed by atoms with Crippen LogP contribution >= 0.6 is 0 Å². The van der Waals surface area contributed by atoms with Crippen molar-refractivity contribution in [2.75, 3.05) is 0 Å². The molecule has 0 aromatic rings. The summed E-state index contributed by atoms with van der Waals surface area (Å²) >= 11 is 0. The smallest absolute Gasteiger partial charge is 0.0151 e. The first kappa shape index (κ1) is 6.09. The van der Waals surface area contributed by atoms with E-state index in [1.807, 2.05) is 0 Å². The van der Waals surface area contributed by atoms with Crippen LogP contribution in [0.5, 0.6) is 0 Å². The highest BCUT2D eigenvalue weighted by Crippen LogP contribution is 2.32. The zero-order valence-corrected chi connectivity index (χ0v) is 5.78. The van der Waals surface area contributed by atoms with Crippen molar-refractivity contribution in [2.24, 2.45) is 11.7 Å². The summed E-state index contributed by atoms with van der Waals surface area (Å²) in [5.74, 6) is 0.738. The fraction of sp³-hybridized carbons (Fsp3) is 1.00. The van der Waals surface area contributed by atoms with E-state index in [0.717, 1.165) is 5.92 Å². The summed E-state index contributed by atoms with van der Waals surface area (Å²) in [5.41, 5.74) is 6.07. The highest BCUT2D eigenvalue weighted by molar-refractivity contribution is 4.89. The second-order valence-electron chi connectivity index (χ2n) is 3.30. The van der Waals surface area contributed by atoms with E-state index in [0.29, 0.717) is 0 Å². The Labute approximate surface area is 51.3 Å². The minimum atomic E-state index is 0.153. The van der Waals surface area contributed by atoms with Gasteiger partial charge in [-0.15, -0.1) is 0 Å². The van der Waals surface area contributed by atoms with Crippen LogP contribution in [0.3, 0.4) is 0 Å². The minimum Gasteiger partial charge on any atom is -0.325 e. The molecular weight excluding hydrogens is 98.1 g/mol. The van der Waals surface area contributed by atoms with Crippen molar-refractivity contribution in [1.29, 1.82) is 0 Å². The average Bonchev–Trinajstić information content (AvgIpc) is 1.86. The van der Waals surface area contributed by atoms with E-state index in [4.69, 9.17) is 5.73 Å². The van der Waals surface area contributed by atoms with Gasteiger partial charge in [0.15, 0.2) is 0 Å². The monoisotopic (exact) mass is 113 g/mol. The molecule has 2 atom stereocenters. The molecule has 0 bridgehead atoms. The standard InChI is InChI=1S/C7H15N/c1-6-4-3-5-7(6,2)8/h6H,3-5,8H2,1-2H3/t6-,7-/m1/s1. The molecule has 0 radical (unpaired) electrons. The zero-order valence-electron chi connectivity index (χ0n) is 5.78. The molecule has 1 fully saturated rings. The summed E-state index contributed by atoms with van der Waals surface area (Å²) in [7, 11) is 0. The molecule has 0 heterocycles. The highest BCUT2D eigenvalue weighted by Gasteiger charge is 2.30. The second-order valence-corrected chi connectivity index (χ2v) is 3.30. The molecule has 48 valence electrons. The Hall–Kier alpha value is -0.0400. The Bertz CT molecular complexity index is 86.4. The maximum absolute atomic E-state index is 5.92. The summed E-state index contributed by atoms with van der Waals surface area (Å²) in [6.45, 7) is 4.40. The quantitative estimate of drug-likeness (QED) is 0.506. The van der Waals surface area contributed by atoms with Crippen molar-refractivity contribution >= 4 is 0 Å². The maximum atomic E-state index is 5.92. The molecule has 0 amide bonds. The molecule has 2 N–H and O–H groups in total. The molecule has 0 aromatic carbocycles. The zero-order chi connectivity index (χ0) is 6.20. The van der Waals surface area contributed by atoms with Crippen molar-refractivity contribution in [1.82, 2.24) is 0 Å². The van der Waals surface area contributed by atoms with Gasteiger partial charge in [0.1, 0.15) is 0 Å². The summed E-state index contributed by atoms with van der Waals surface area (Å²) in [6, 6.07) is 0. The fourth-order valence-corrected chi connectivity index (χ4v) is 1.37. The molecule has 0 unspecified atom stereocenters. The predicted octanol–water partition coefficient (Wildman–Crippen LogP) is 1.52. The summed E-state index contributed by atoms with van der Waals surface area (Å²) in [6.07, 6.45) is 3.87. The highest BCUT2D eigenvalue weighted by atomic mass is 14.7. The van der Waals surface area contributed by atoms with Gasteiger partial charge in [-0.3, -0.25) is 0 Å². The molecule has 1 rings (SSSR count). The predicted molar refractivity (Wildman–Crippen MR) is 35.6 cm³/mol. The first-order valence-electron chi connectivity index (χ1n) is 3.42. The van der Waals surface area contributed by atoms with Gasteiger partial charge in [0.25, 0.3) is 0 Å². The van der Waals surface area contributed by atoms with Crippen LogP contribution in [-0.2, 0) is 0 Å².